The van der Waals surface area contributed by atoms with Crippen LogP contribution in [0.1, 0.15) is 18.1 Å². The van der Waals surface area contributed by atoms with Gasteiger partial charge in [0.1, 0.15) is 12.3 Å². The summed E-state index contributed by atoms with van der Waals surface area (Å²) in [5.74, 6) is 0.668. The average Bonchev–Trinajstić information content (AvgIpc) is 2.50. The second-order valence-corrected chi connectivity index (χ2v) is 5.01. The van der Waals surface area contributed by atoms with Gasteiger partial charge in [-0.05, 0) is 18.6 Å². The predicted octanol–water partition coefficient (Wildman–Crippen LogP) is 0.345. The number of carbonyl (C=O) groups excluding carboxylic acids is 2. The molecule has 1 fully saturated rings. The fraction of sp³-hybridized carbons (Fsp3) is 0.467. The van der Waals surface area contributed by atoms with Gasteiger partial charge in [-0.3, -0.25) is 9.59 Å². The van der Waals surface area contributed by atoms with Gasteiger partial charge in [-0.2, -0.15) is 0 Å². The molecule has 21 heavy (non-hydrogen) atoms. The summed E-state index contributed by atoms with van der Waals surface area (Å²) < 4.78 is 5.29. The van der Waals surface area contributed by atoms with E-state index in [1.54, 1.807) is 16.9 Å². The summed E-state index contributed by atoms with van der Waals surface area (Å²) in [6.07, 6.45) is 0. The molecule has 2 rings (SSSR count). The lowest BCUT2D eigenvalue weighted by molar-refractivity contribution is -0.150. The molecule has 1 aromatic carbocycles. The van der Waals surface area contributed by atoms with E-state index in [0.717, 1.165) is 11.1 Å². The van der Waals surface area contributed by atoms with E-state index in [0.29, 0.717) is 25.4 Å². The van der Waals surface area contributed by atoms with E-state index >= 15 is 0 Å². The molecule has 0 radical (unpaired) electrons. The van der Waals surface area contributed by atoms with E-state index in [1.807, 2.05) is 25.1 Å². The van der Waals surface area contributed by atoms with Crippen molar-refractivity contribution < 1.29 is 14.3 Å². The number of carbonyl (C=O) groups is 2. The summed E-state index contributed by atoms with van der Waals surface area (Å²) >= 11 is 0. The number of piperazine rings is 1. The number of hydrogen-bond acceptors (Lipinski definition) is 4. The Kier molecular flexibility index (Phi) is 4.80. The van der Waals surface area contributed by atoms with Gasteiger partial charge in [0.25, 0.3) is 0 Å². The van der Waals surface area contributed by atoms with Crippen molar-refractivity contribution in [3.05, 3.63) is 29.3 Å². The quantitative estimate of drug-likeness (QED) is 0.849. The van der Waals surface area contributed by atoms with Crippen LogP contribution in [0, 0.1) is 0 Å². The molecule has 0 aliphatic carbocycles. The minimum atomic E-state index is -0.0293. The first kappa shape index (κ1) is 15.3. The van der Waals surface area contributed by atoms with E-state index in [-0.39, 0.29) is 24.9 Å². The molecule has 1 aliphatic heterocycles. The maximum absolute atomic E-state index is 12.1. The third-order valence-corrected chi connectivity index (χ3v) is 3.68. The van der Waals surface area contributed by atoms with Gasteiger partial charge in [-0.15, -0.1) is 0 Å². The van der Waals surface area contributed by atoms with E-state index in [4.69, 9.17) is 10.5 Å². The Morgan fingerprint density at radius 2 is 1.86 bits per heavy atom. The van der Waals surface area contributed by atoms with Gasteiger partial charge < -0.3 is 20.3 Å². The third kappa shape index (κ3) is 3.33. The molecule has 6 heteroatoms. The van der Waals surface area contributed by atoms with E-state index in [2.05, 4.69) is 0 Å². The van der Waals surface area contributed by atoms with Crippen molar-refractivity contribution in [3.63, 3.8) is 0 Å². The van der Waals surface area contributed by atoms with Gasteiger partial charge in [0.05, 0.1) is 13.7 Å². The minimum absolute atomic E-state index is 0.0114. The van der Waals surface area contributed by atoms with E-state index in [1.165, 1.54) is 0 Å². The normalized spacial score (nSPS) is 15.6. The molecule has 114 valence electrons. The van der Waals surface area contributed by atoms with Crippen LogP contribution in [-0.4, -0.2) is 48.4 Å². The van der Waals surface area contributed by atoms with Crippen molar-refractivity contribution >= 4 is 11.8 Å². The number of hydrogen-bond donors (Lipinski definition) is 1. The molecular weight excluding hydrogens is 270 g/mol. The number of methoxy groups -OCH3 is 1. The number of ether oxygens (including phenoxy) is 1. The zero-order valence-electron chi connectivity index (χ0n) is 12.5. The summed E-state index contributed by atoms with van der Waals surface area (Å²) in [6.45, 7) is 3.54. The van der Waals surface area contributed by atoms with Crippen molar-refractivity contribution in [3.8, 4) is 5.75 Å². The summed E-state index contributed by atoms with van der Waals surface area (Å²) in [6, 6.07) is 5.67. The zero-order chi connectivity index (χ0) is 15.4. The second kappa shape index (κ2) is 6.58. The van der Waals surface area contributed by atoms with Gasteiger partial charge in [0.2, 0.25) is 11.8 Å². The lowest BCUT2D eigenvalue weighted by Gasteiger charge is -2.33. The van der Waals surface area contributed by atoms with Crippen LogP contribution in [0.2, 0.25) is 0 Å². The molecule has 0 saturated carbocycles. The molecule has 0 atom stereocenters. The van der Waals surface area contributed by atoms with Crippen molar-refractivity contribution in [2.75, 3.05) is 26.7 Å². The Morgan fingerprint density at radius 1 is 1.19 bits per heavy atom. The topological polar surface area (TPSA) is 75.9 Å². The Bertz CT molecular complexity index is 545. The summed E-state index contributed by atoms with van der Waals surface area (Å²) in [5, 5.41) is 0. The number of benzene rings is 1. The molecular formula is C15H21N3O3. The van der Waals surface area contributed by atoms with Gasteiger partial charge in [0, 0.05) is 25.2 Å². The van der Waals surface area contributed by atoms with Crippen molar-refractivity contribution in [1.82, 2.24) is 9.80 Å². The van der Waals surface area contributed by atoms with Crippen LogP contribution in [0.3, 0.4) is 0 Å². The molecule has 2 N–H and O–H groups in total. The summed E-state index contributed by atoms with van der Waals surface area (Å²) in [4.78, 5) is 27.1. The first-order chi connectivity index (χ1) is 10.1. The third-order valence-electron chi connectivity index (χ3n) is 3.68. The van der Waals surface area contributed by atoms with Crippen LogP contribution < -0.4 is 10.5 Å². The average molecular weight is 291 g/mol. The molecule has 1 heterocycles. The van der Waals surface area contributed by atoms with Gasteiger partial charge in [-0.25, -0.2) is 0 Å². The Hall–Kier alpha value is -2.08. The highest BCUT2D eigenvalue weighted by Gasteiger charge is 2.28. The smallest absolute Gasteiger partial charge is 0.242 e. The van der Waals surface area contributed by atoms with Crippen LogP contribution in [0.25, 0.3) is 0 Å². The standard InChI is InChI=1S/C15H21N3O3/c1-3-17-9-15(20)18(10-14(17)19)8-11-4-5-12(7-16)13(6-11)21-2/h4-6H,3,7-10,16H2,1-2H3. The fourth-order valence-corrected chi connectivity index (χ4v) is 2.41. The number of rotatable bonds is 5. The number of nitrogens with two attached hydrogens (primary N) is 1. The first-order valence-corrected chi connectivity index (χ1v) is 7.00. The first-order valence-electron chi connectivity index (χ1n) is 7.00. The minimum Gasteiger partial charge on any atom is -0.496 e. The summed E-state index contributed by atoms with van der Waals surface area (Å²) in [7, 11) is 1.59. The van der Waals surface area contributed by atoms with E-state index < -0.39 is 0 Å². The molecule has 1 aliphatic rings. The fourth-order valence-electron chi connectivity index (χ4n) is 2.41. The lowest BCUT2D eigenvalue weighted by atomic mass is 10.1. The number of likely N-dealkylation sites (N-methyl/N-ethyl adjacent to an activating group) is 1. The Morgan fingerprint density at radius 3 is 2.48 bits per heavy atom. The highest BCUT2D eigenvalue weighted by Crippen LogP contribution is 2.21. The summed E-state index contributed by atoms with van der Waals surface area (Å²) in [5.41, 5.74) is 7.48. The van der Waals surface area contributed by atoms with E-state index in [9.17, 15) is 9.59 Å². The van der Waals surface area contributed by atoms with Crippen LogP contribution in [0.15, 0.2) is 18.2 Å². The molecule has 6 nitrogen and oxygen atoms in total. The second-order valence-electron chi connectivity index (χ2n) is 5.01. The van der Waals surface area contributed by atoms with Crippen LogP contribution in [0.4, 0.5) is 0 Å². The van der Waals surface area contributed by atoms with Gasteiger partial charge in [-0.1, -0.05) is 12.1 Å². The Labute approximate surface area is 124 Å². The van der Waals surface area contributed by atoms with Gasteiger partial charge >= 0.3 is 0 Å². The number of amides is 2. The SMILES string of the molecule is CCN1CC(=O)N(Cc2ccc(CN)c(OC)c2)CC1=O. The molecule has 1 aromatic rings. The lowest BCUT2D eigenvalue weighted by Crippen LogP contribution is -2.53. The molecule has 0 bridgehead atoms. The number of nitrogens with zero attached hydrogens (tertiary/aromatic N) is 2. The molecule has 0 unspecified atom stereocenters. The van der Waals surface area contributed by atoms with Crippen LogP contribution in [-0.2, 0) is 22.7 Å². The Balaban J connectivity index is 2.11. The van der Waals surface area contributed by atoms with Gasteiger partial charge in [0.15, 0.2) is 0 Å². The van der Waals surface area contributed by atoms with Crippen molar-refractivity contribution in [2.45, 2.75) is 20.0 Å². The van der Waals surface area contributed by atoms with Crippen LogP contribution >= 0.6 is 0 Å². The van der Waals surface area contributed by atoms with Crippen molar-refractivity contribution in [1.29, 1.82) is 0 Å². The zero-order valence-corrected chi connectivity index (χ0v) is 12.5. The highest BCUT2D eigenvalue weighted by molar-refractivity contribution is 5.92. The van der Waals surface area contributed by atoms with Crippen LogP contribution in [0.5, 0.6) is 5.75 Å². The molecule has 2 amide bonds. The maximum Gasteiger partial charge on any atom is 0.242 e. The maximum atomic E-state index is 12.1. The molecule has 0 aromatic heterocycles. The molecule has 0 spiro atoms. The highest BCUT2D eigenvalue weighted by atomic mass is 16.5. The molecule has 1 saturated heterocycles. The predicted molar refractivity (Wildman–Crippen MR) is 78.6 cm³/mol. The monoisotopic (exact) mass is 291 g/mol. The van der Waals surface area contributed by atoms with Crippen molar-refractivity contribution in [2.24, 2.45) is 5.73 Å². The largest absolute Gasteiger partial charge is 0.496 e.